The molecule has 0 bridgehead atoms. The molecule has 5 heteroatoms. The van der Waals surface area contributed by atoms with Crippen molar-refractivity contribution in [2.24, 2.45) is 0 Å². The number of amides is 1. The highest BCUT2D eigenvalue weighted by atomic mass is 16.3. The van der Waals surface area contributed by atoms with E-state index in [0.29, 0.717) is 12.8 Å². The van der Waals surface area contributed by atoms with Crippen molar-refractivity contribution >= 4 is 16.9 Å². The molecule has 5 nitrogen and oxygen atoms in total. The summed E-state index contributed by atoms with van der Waals surface area (Å²) in [7, 11) is 0. The number of nitrogens with one attached hydrogen (secondary N) is 2. The van der Waals surface area contributed by atoms with E-state index < -0.39 is 0 Å². The summed E-state index contributed by atoms with van der Waals surface area (Å²) in [4.78, 5) is 19.9. The molecular weight excluding hydrogens is 290 g/mol. The van der Waals surface area contributed by atoms with Crippen molar-refractivity contribution in [2.45, 2.75) is 39.7 Å². The first-order valence-corrected chi connectivity index (χ1v) is 7.83. The highest BCUT2D eigenvalue weighted by Gasteiger charge is 2.15. The van der Waals surface area contributed by atoms with Crippen molar-refractivity contribution in [1.29, 1.82) is 0 Å². The summed E-state index contributed by atoms with van der Waals surface area (Å²) in [5.41, 5.74) is 2.96. The van der Waals surface area contributed by atoms with Crippen LogP contribution in [0.15, 0.2) is 34.7 Å². The van der Waals surface area contributed by atoms with Crippen LogP contribution in [0.3, 0.4) is 0 Å². The van der Waals surface area contributed by atoms with Crippen LogP contribution in [0.5, 0.6) is 0 Å². The fourth-order valence-corrected chi connectivity index (χ4v) is 2.83. The number of carbonyl (C=O) groups excluding carboxylic acids is 1. The van der Waals surface area contributed by atoms with Crippen molar-refractivity contribution in [3.05, 3.63) is 53.2 Å². The number of rotatable bonds is 5. The number of aromatic nitrogens is 2. The van der Waals surface area contributed by atoms with Gasteiger partial charge in [0.05, 0.1) is 17.1 Å². The minimum Gasteiger partial charge on any atom is -0.466 e. The Morgan fingerprint density at radius 3 is 2.83 bits per heavy atom. The second kappa shape index (κ2) is 6.28. The fraction of sp³-hybridized carbons (Fsp3) is 0.333. The average Bonchev–Trinajstić information content (AvgIpc) is 3.07. The number of hydrogen-bond donors (Lipinski definition) is 2. The molecule has 2 N–H and O–H groups in total. The third-order valence-electron chi connectivity index (χ3n) is 3.95. The van der Waals surface area contributed by atoms with Crippen molar-refractivity contribution in [2.75, 3.05) is 0 Å². The summed E-state index contributed by atoms with van der Waals surface area (Å²) in [6, 6.07) is 9.78. The number of hydrogen-bond acceptors (Lipinski definition) is 3. The Morgan fingerprint density at radius 1 is 1.35 bits per heavy atom. The summed E-state index contributed by atoms with van der Waals surface area (Å²) in [6.45, 7) is 5.79. The summed E-state index contributed by atoms with van der Waals surface area (Å²) in [5, 5.41) is 3.01. The molecule has 3 rings (SSSR count). The van der Waals surface area contributed by atoms with Crippen LogP contribution in [-0.2, 0) is 11.2 Å². The van der Waals surface area contributed by atoms with E-state index in [2.05, 4.69) is 15.3 Å². The predicted molar refractivity (Wildman–Crippen MR) is 89.2 cm³/mol. The normalized spacial score (nSPS) is 12.5. The third-order valence-corrected chi connectivity index (χ3v) is 3.95. The van der Waals surface area contributed by atoms with Crippen LogP contribution in [0.4, 0.5) is 0 Å². The zero-order chi connectivity index (χ0) is 16.4. The van der Waals surface area contributed by atoms with Crippen LogP contribution < -0.4 is 5.32 Å². The molecule has 1 atom stereocenters. The predicted octanol–water partition coefficient (Wildman–Crippen LogP) is 3.58. The maximum Gasteiger partial charge on any atom is 0.220 e. The number of imidazole rings is 1. The number of nitrogens with zero attached hydrogens (tertiary/aromatic N) is 1. The Labute approximate surface area is 135 Å². The van der Waals surface area contributed by atoms with Gasteiger partial charge in [-0.15, -0.1) is 0 Å². The minimum absolute atomic E-state index is 0.0104. The Balaban J connectivity index is 1.58. The van der Waals surface area contributed by atoms with Gasteiger partial charge in [-0.2, -0.15) is 0 Å². The van der Waals surface area contributed by atoms with E-state index in [0.717, 1.165) is 33.9 Å². The number of aryl methyl sites for hydroxylation is 3. The molecule has 0 radical (unpaired) electrons. The zero-order valence-corrected chi connectivity index (χ0v) is 13.6. The van der Waals surface area contributed by atoms with E-state index >= 15 is 0 Å². The van der Waals surface area contributed by atoms with Gasteiger partial charge in [-0.25, -0.2) is 4.98 Å². The largest absolute Gasteiger partial charge is 0.466 e. The Hall–Kier alpha value is -2.56. The summed E-state index contributed by atoms with van der Waals surface area (Å²) in [5.74, 6) is 2.56. The molecule has 23 heavy (non-hydrogen) atoms. The van der Waals surface area contributed by atoms with Crippen molar-refractivity contribution in [3.8, 4) is 0 Å². The number of para-hydroxylation sites is 2. The molecule has 0 aliphatic rings. The smallest absolute Gasteiger partial charge is 0.220 e. The van der Waals surface area contributed by atoms with Gasteiger partial charge in [-0.1, -0.05) is 12.1 Å². The summed E-state index contributed by atoms with van der Waals surface area (Å²) >= 11 is 0. The minimum atomic E-state index is -0.0596. The second-order valence-corrected chi connectivity index (χ2v) is 5.86. The molecule has 0 aliphatic heterocycles. The van der Waals surface area contributed by atoms with Gasteiger partial charge in [0.15, 0.2) is 0 Å². The molecule has 0 saturated heterocycles. The molecule has 1 aromatic carbocycles. The quantitative estimate of drug-likeness (QED) is 0.756. The Kier molecular flexibility index (Phi) is 4.19. The Morgan fingerprint density at radius 2 is 2.13 bits per heavy atom. The molecule has 120 valence electrons. The van der Waals surface area contributed by atoms with Crippen LogP contribution in [0.25, 0.3) is 11.0 Å². The molecule has 2 heterocycles. The fourth-order valence-electron chi connectivity index (χ4n) is 2.83. The molecular formula is C18H21N3O2. The van der Waals surface area contributed by atoms with Crippen LogP contribution in [-0.4, -0.2) is 15.9 Å². The second-order valence-electron chi connectivity index (χ2n) is 5.86. The number of aromatic amines is 1. The van der Waals surface area contributed by atoms with Crippen LogP contribution in [0, 0.1) is 13.8 Å². The number of benzene rings is 1. The lowest BCUT2D eigenvalue weighted by Gasteiger charge is -2.12. The number of fused-ring (bicyclic) bond motifs is 1. The van der Waals surface area contributed by atoms with Crippen molar-refractivity contribution in [1.82, 2.24) is 15.3 Å². The lowest BCUT2D eigenvalue weighted by Crippen LogP contribution is -2.27. The third kappa shape index (κ3) is 3.44. The van der Waals surface area contributed by atoms with E-state index in [1.807, 2.05) is 51.1 Å². The molecule has 0 unspecified atom stereocenters. The van der Waals surface area contributed by atoms with Crippen LogP contribution in [0.1, 0.15) is 42.3 Å². The highest BCUT2D eigenvalue weighted by molar-refractivity contribution is 5.77. The average molecular weight is 311 g/mol. The molecule has 1 amide bonds. The van der Waals surface area contributed by atoms with E-state index in [1.54, 1.807) is 0 Å². The first kappa shape index (κ1) is 15.3. The molecule has 3 aromatic rings. The van der Waals surface area contributed by atoms with Gasteiger partial charge >= 0.3 is 0 Å². The highest BCUT2D eigenvalue weighted by Crippen LogP contribution is 2.21. The molecule has 0 fully saturated rings. The van der Waals surface area contributed by atoms with Gasteiger partial charge < -0.3 is 14.7 Å². The maximum absolute atomic E-state index is 12.2. The summed E-state index contributed by atoms with van der Waals surface area (Å²) < 4.78 is 5.51. The van der Waals surface area contributed by atoms with E-state index in [9.17, 15) is 4.79 Å². The standard InChI is InChI=1S/C18H21N3O2/c1-11-10-14(13(3)23-11)12(2)19-18(22)9-8-17-20-15-6-4-5-7-16(15)21-17/h4-7,10,12H,8-9H2,1-3H3,(H,19,22)(H,20,21)/t12-/m1/s1. The monoisotopic (exact) mass is 311 g/mol. The maximum atomic E-state index is 12.2. The van der Waals surface area contributed by atoms with Gasteiger partial charge in [-0.3, -0.25) is 4.79 Å². The number of furan rings is 1. The van der Waals surface area contributed by atoms with Gasteiger partial charge in [0.1, 0.15) is 17.3 Å². The number of carbonyl (C=O) groups is 1. The first-order valence-electron chi connectivity index (χ1n) is 7.83. The van der Waals surface area contributed by atoms with Gasteiger partial charge in [0.2, 0.25) is 5.91 Å². The van der Waals surface area contributed by atoms with Gasteiger partial charge in [-0.05, 0) is 39.0 Å². The van der Waals surface area contributed by atoms with Crippen molar-refractivity contribution in [3.63, 3.8) is 0 Å². The Bertz CT molecular complexity index is 799. The first-order chi connectivity index (χ1) is 11.0. The van der Waals surface area contributed by atoms with Gasteiger partial charge in [0.25, 0.3) is 0 Å². The lowest BCUT2D eigenvalue weighted by atomic mass is 10.1. The molecule has 0 spiro atoms. The van der Waals surface area contributed by atoms with Crippen molar-refractivity contribution < 1.29 is 9.21 Å². The topological polar surface area (TPSA) is 70.9 Å². The SMILES string of the molecule is Cc1cc([C@@H](C)NC(=O)CCc2nc3ccccc3[nH]2)c(C)o1. The van der Waals surface area contributed by atoms with Crippen LogP contribution in [0.2, 0.25) is 0 Å². The number of H-pyrrole nitrogens is 1. The van der Waals surface area contributed by atoms with E-state index in [1.165, 1.54) is 0 Å². The van der Waals surface area contributed by atoms with E-state index in [-0.39, 0.29) is 11.9 Å². The van der Waals surface area contributed by atoms with Gasteiger partial charge in [0, 0.05) is 18.4 Å². The van der Waals surface area contributed by atoms with E-state index in [4.69, 9.17) is 4.42 Å². The lowest BCUT2D eigenvalue weighted by molar-refractivity contribution is -0.121. The molecule has 2 aromatic heterocycles. The molecule has 0 aliphatic carbocycles. The zero-order valence-electron chi connectivity index (χ0n) is 13.6. The summed E-state index contributed by atoms with van der Waals surface area (Å²) in [6.07, 6.45) is 0.997. The van der Waals surface area contributed by atoms with Crippen LogP contribution >= 0.6 is 0 Å². The molecule has 0 saturated carbocycles.